The van der Waals surface area contributed by atoms with Crippen molar-refractivity contribution in [1.82, 2.24) is 9.38 Å². The Hall–Kier alpha value is -2.83. The lowest BCUT2D eigenvalue weighted by atomic mass is 10.1. The molecule has 27 heavy (non-hydrogen) atoms. The van der Waals surface area contributed by atoms with Gasteiger partial charge in [-0.05, 0) is 23.8 Å². The lowest BCUT2D eigenvalue weighted by Gasteiger charge is -2.10. The van der Waals surface area contributed by atoms with Gasteiger partial charge < -0.3 is 9.84 Å². The molecule has 0 radical (unpaired) electrons. The highest BCUT2D eigenvalue weighted by Crippen LogP contribution is 2.34. The molecular formula is C20H15ClN2O3S. The third kappa shape index (κ3) is 3.97. The first-order valence-corrected chi connectivity index (χ1v) is 9.44. The summed E-state index contributed by atoms with van der Waals surface area (Å²) in [6, 6.07) is 15.4. The largest absolute Gasteiger partial charge is 0.488 e. The summed E-state index contributed by atoms with van der Waals surface area (Å²) in [6.45, 7) is 0.445. The Morgan fingerprint density at radius 2 is 2.00 bits per heavy atom. The second-order valence-corrected chi connectivity index (χ2v) is 7.53. The Kier molecular flexibility index (Phi) is 4.83. The molecule has 0 spiro atoms. The van der Waals surface area contributed by atoms with Gasteiger partial charge in [-0.15, -0.1) is 11.3 Å². The van der Waals surface area contributed by atoms with Crippen LogP contribution in [-0.4, -0.2) is 20.5 Å². The number of thiazole rings is 1. The number of aromatic nitrogens is 2. The van der Waals surface area contributed by atoms with Crippen molar-refractivity contribution in [2.75, 3.05) is 0 Å². The molecule has 0 aliphatic heterocycles. The van der Waals surface area contributed by atoms with E-state index in [0.29, 0.717) is 17.4 Å². The maximum atomic E-state index is 10.9. The van der Waals surface area contributed by atoms with Gasteiger partial charge in [-0.3, -0.25) is 9.20 Å². The summed E-state index contributed by atoms with van der Waals surface area (Å²) in [7, 11) is 0. The maximum Gasteiger partial charge on any atom is 0.308 e. The van der Waals surface area contributed by atoms with Gasteiger partial charge in [0.1, 0.15) is 12.4 Å². The molecule has 1 N–H and O–H groups in total. The number of carboxylic acids is 1. The maximum absolute atomic E-state index is 10.9. The van der Waals surface area contributed by atoms with E-state index in [1.807, 2.05) is 53.1 Å². The summed E-state index contributed by atoms with van der Waals surface area (Å²) >= 11 is 7.54. The molecule has 0 bridgehead atoms. The van der Waals surface area contributed by atoms with Crippen LogP contribution in [0.15, 0.2) is 60.9 Å². The number of fused-ring (bicyclic) bond motifs is 1. The third-order valence-electron chi connectivity index (χ3n) is 3.98. The normalized spacial score (nSPS) is 11.0. The van der Waals surface area contributed by atoms with E-state index in [1.165, 1.54) is 11.3 Å². The second-order valence-electron chi connectivity index (χ2n) is 6.00. The van der Waals surface area contributed by atoms with E-state index in [-0.39, 0.29) is 6.42 Å². The first-order chi connectivity index (χ1) is 13.1. The number of carboxylic acid groups (broad SMARTS) is 1. The second kappa shape index (κ2) is 7.42. The standard InChI is InChI=1S/C20H15ClN2O3S/c21-14-6-7-18(26-12-13-4-2-1-3-5-13)16(8-14)17-11-23-10-15(9-19(24)25)27-20(23)22-17/h1-8,10-11H,9,12H2,(H,24,25). The lowest BCUT2D eigenvalue weighted by molar-refractivity contribution is -0.136. The number of hydrogen-bond donors (Lipinski definition) is 1. The number of aliphatic carboxylic acids is 1. The Bertz CT molecular complexity index is 1070. The Balaban J connectivity index is 1.64. The van der Waals surface area contributed by atoms with Crippen LogP contribution in [0.3, 0.4) is 0 Å². The van der Waals surface area contributed by atoms with Crippen molar-refractivity contribution in [3.63, 3.8) is 0 Å². The summed E-state index contributed by atoms with van der Waals surface area (Å²) in [6.07, 6.45) is 3.64. The minimum absolute atomic E-state index is 0.00797. The van der Waals surface area contributed by atoms with Crippen LogP contribution in [0.1, 0.15) is 10.4 Å². The third-order valence-corrected chi connectivity index (χ3v) is 5.22. The average molecular weight is 399 g/mol. The molecule has 5 nitrogen and oxygen atoms in total. The van der Waals surface area contributed by atoms with Crippen molar-refractivity contribution < 1.29 is 14.6 Å². The molecule has 4 rings (SSSR count). The van der Waals surface area contributed by atoms with Crippen LogP contribution in [0.2, 0.25) is 5.02 Å². The number of benzene rings is 2. The first-order valence-electron chi connectivity index (χ1n) is 8.24. The van der Waals surface area contributed by atoms with Crippen LogP contribution in [0.4, 0.5) is 0 Å². The molecule has 4 aromatic rings. The fourth-order valence-corrected chi connectivity index (χ4v) is 3.89. The van der Waals surface area contributed by atoms with Gasteiger partial charge in [0, 0.05) is 27.9 Å². The molecule has 2 aromatic heterocycles. The summed E-state index contributed by atoms with van der Waals surface area (Å²) in [5.41, 5.74) is 2.60. The van der Waals surface area contributed by atoms with Crippen molar-refractivity contribution in [2.24, 2.45) is 0 Å². The topological polar surface area (TPSA) is 63.8 Å². The van der Waals surface area contributed by atoms with Crippen LogP contribution in [0.5, 0.6) is 5.75 Å². The Morgan fingerprint density at radius 1 is 1.19 bits per heavy atom. The average Bonchev–Trinajstić information content (AvgIpc) is 3.19. The molecule has 2 aromatic carbocycles. The highest BCUT2D eigenvalue weighted by Gasteiger charge is 2.14. The highest BCUT2D eigenvalue weighted by molar-refractivity contribution is 7.17. The highest BCUT2D eigenvalue weighted by atomic mass is 35.5. The van der Waals surface area contributed by atoms with Gasteiger partial charge >= 0.3 is 5.97 Å². The molecule has 136 valence electrons. The van der Waals surface area contributed by atoms with Crippen molar-refractivity contribution in [3.8, 4) is 17.0 Å². The molecule has 0 aliphatic rings. The van der Waals surface area contributed by atoms with Gasteiger partial charge in [0.25, 0.3) is 0 Å². The van der Waals surface area contributed by atoms with Crippen LogP contribution in [0.25, 0.3) is 16.2 Å². The molecule has 0 saturated carbocycles. The zero-order chi connectivity index (χ0) is 18.8. The minimum atomic E-state index is -0.855. The van der Waals surface area contributed by atoms with Gasteiger partial charge in [-0.25, -0.2) is 4.98 Å². The molecule has 0 atom stereocenters. The summed E-state index contributed by atoms with van der Waals surface area (Å²) in [4.78, 5) is 17.0. The van der Waals surface area contributed by atoms with Crippen molar-refractivity contribution in [2.45, 2.75) is 13.0 Å². The van der Waals surface area contributed by atoms with Crippen molar-refractivity contribution in [3.05, 3.63) is 76.4 Å². The smallest absolute Gasteiger partial charge is 0.308 e. The van der Waals surface area contributed by atoms with E-state index in [2.05, 4.69) is 4.98 Å². The quantitative estimate of drug-likeness (QED) is 0.500. The molecule has 0 amide bonds. The fourth-order valence-electron chi connectivity index (χ4n) is 2.77. The zero-order valence-electron chi connectivity index (χ0n) is 14.1. The Morgan fingerprint density at radius 3 is 2.74 bits per heavy atom. The van der Waals surface area contributed by atoms with E-state index in [1.54, 1.807) is 12.3 Å². The summed E-state index contributed by atoms with van der Waals surface area (Å²) in [5, 5.41) is 9.53. The van der Waals surface area contributed by atoms with Gasteiger partial charge in [0.05, 0.1) is 12.1 Å². The van der Waals surface area contributed by atoms with E-state index < -0.39 is 5.97 Å². The van der Waals surface area contributed by atoms with E-state index >= 15 is 0 Å². The van der Waals surface area contributed by atoms with Gasteiger partial charge in [-0.1, -0.05) is 41.9 Å². The van der Waals surface area contributed by atoms with E-state index in [4.69, 9.17) is 21.4 Å². The molecule has 0 aliphatic carbocycles. The van der Waals surface area contributed by atoms with E-state index in [9.17, 15) is 4.79 Å². The zero-order valence-corrected chi connectivity index (χ0v) is 15.7. The van der Waals surface area contributed by atoms with Gasteiger partial charge in [-0.2, -0.15) is 0 Å². The van der Waals surface area contributed by atoms with Gasteiger partial charge in [0.2, 0.25) is 0 Å². The monoisotopic (exact) mass is 398 g/mol. The number of halogens is 1. The molecule has 0 fully saturated rings. The number of carbonyl (C=O) groups is 1. The predicted octanol–water partition coefficient (Wildman–Crippen LogP) is 4.92. The van der Waals surface area contributed by atoms with Crippen LogP contribution in [0, 0.1) is 0 Å². The summed E-state index contributed by atoms with van der Waals surface area (Å²) < 4.78 is 7.83. The summed E-state index contributed by atoms with van der Waals surface area (Å²) in [5.74, 6) is -0.161. The molecule has 0 saturated heterocycles. The van der Waals surface area contributed by atoms with E-state index in [0.717, 1.165) is 26.7 Å². The van der Waals surface area contributed by atoms with Gasteiger partial charge in [0.15, 0.2) is 4.96 Å². The molecule has 2 heterocycles. The Labute approximate surface area is 164 Å². The van der Waals surface area contributed by atoms with Crippen LogP contribution < -0.4 is 4.74 Å². The molecule has 7 heteroatoms. The lowest BCUT2D eigenvalue weighted by Crippen LogP contribution is -1.97. The number of rotatable bonds is 6. The number of ether oxygens (including phenoxy) is 1. The van der Waals surface area contributed by atoms with Crippen molar-refractivity contribution in [1.29, 1.82) is 0 Å². The minimum Gasteiger partial charge on any atom is -0.488 e. The van der Waals surface area contributed by atoms with Crippen molar-refractivity contribution >= 4 is 33.9 Å². The number of imidazole rings is 1. The van der Waals surface area contributed by atoms with Crippen LogP contribution in [-0.2, 0) is 17.8 Å². The predicted molar refractivity (Wildman–Crippen MR) is 106 cm³/mol. The SMILES string of the molecule is O=C(O)Cc1cn2cc(-c3cc(Cl)ccc3OCc3ccccc3)nc2s1. The number of nitrogens with zero attached hydrogens (tertiary/aromatic N) is 2. The first kappa shape index (κ1) is 17.6. The molecule has 0 unspecified atom stereocenters. The number of hydrogen-bond acceptors (Lipinski definition) is 4. The molecular weight excluding hydrogens is 384 g/mol. The van der Waals surface area contributed by atoms with Crippen LogP contribution >= 0.6 is 22.9 Å². The fraction of sp³-hybridized carbons (Fsp3) is 0.100.